The summed E-state index contributed by atoms with van der Waals surface area (Å²) in [7, 11) is 0. The molecule has 3 nitrogen and oxygen atoms in total. The summed E-state index contributed by atoms with van der Waals surface area (Å²) in [5.41, 5.74) is 1.26. The van der Waals surface area contributed by atoms with Crippen molar-refractivity contribution in [1.82, 2.24) is 5.32 Å². The van der Waals surface area contributed by atoms with Crippen LogP contribution in [-0.2, 0) is 4.79 Å². The number of aliphatic carboxylic acids is 1. The molecular formula is C16H22BrNO2. The minimum Gasteiger partial charge on any atom is -0.481 e. The zero-order valence-electron chi connectivity index (χ0n) is 11.8. The highest BCUT2D eigenvalue weighted by Gasteiger charge is 2.28. The van der Waals surface area contributed by atoms with Gasteiger partial charge in [-0.25, -0.2) is 0 Å². The van der Waals surface area contributed by atoms with E-state index in [4.69, 9.17) is 5.11 Å². The van der Waals surface area contributed by atoms with Crippen molar-refractivity contribution >= 4 is 21.9 Å². The molecule has 2 rings (SSSR count). The molecule has 0 saturated heterocycles. The lowest BCUT2D eigenvalue weighted by atomic mass is 9.85. The van der Waals surface area contributed by atoms with Crippen molar-refractivity contribution < 1.29 is 9.90 Å². The molecule has 0 radical (unpaired) electrons. The molecule has 3 atom stereocenters. The molecule has 4 heteroatoms. The average Bonchev–Trinajstić information content (AvgIpc) is 2.45. The van der Waals surface area contributed by atoms with E-state index in [-0.39, 0.29) is 5.92 Å². The molecule has 0 bridgehead atoms. The van der Waals surface area contributed by atoms with E-state index in [2.05, 4.69) is 40.3 Å². The second-order valence-corrected chi connectivity index (χ2v) is 6.50. The Morgan fingerprint density at radius 1 is 1.50 bits per heavy atom. The number of carboxylic acid groups (broad SMARTS) is 1. The van der Waals surface area contributed by atoms with Gasteiger partial charge in [0.15, 0.2) is 0 Å². The molecular weight excluding hydrogens is 318 g/mol. The summed E-state index contributed by atoms with van der Waals surface area (Å²) in [5, 5.41) is 12.8. The van der Waals surface area contributed by atoms with E-state index in [0.717, 1.165) is 36.6 Å². The minimum atomic E-state index is -0.646. The molecule has 0 amide bonds. The van der Waals surface area contributed by atoms with Crippen molar-refractivity contribution in [2.75, 3.05) is 0 Å². The van der Waals surface area contributed by atoms with E-state index in [9.17, 15) is 4.79 Å². The third-order valence-electron chi connectivity index (χ3n) is 4.12. The van der Waals surface area contributed by atoms with Crippen molar-refractivity contribution in [3.8, 4) is 0 Å². The molecule has 3 unspecified atom stereocenters. The number of carboxylic acids is 1. The van der Waals surface area contributed by atoms with E-state index in [0.29, 0.717) is 12.1 Å². The number of benzene rings is 1. The summed E-state index contributed by atoms with van der Waals surface area (Å²) in [6, 6.07) is 8.95. The largest absolute Gasteiger partial charge is 0.481 e. The van der Waals surface area contributed by atoms with Crippen LogP contribution < -0.4 is 5.32 Å². The predicted molar refractivity (Wildman–Crippen MR) is 83.7 cm³/mol. The van der Waals surface area contributed by atoms with E-state index in [1.165, 1.54) is 5.56 Å². The van der Waals surface area contributed by atoms with Crippen LogP contribution >= 0.6 is 15.9 Å². The van der Waals surface area contributed by atoms with E-state index in [1.807, 2.05) is 12.1 Å². The number of halogens is 1. The van der Waals surface area contributed by atoms with Crippen LogP contribution in [0.5, 0.6) is 0 Å². The number of rotatable bonds is 5. The third kappa shape index (κ3) is 4.06. The fourth-order valence-electron chi connectivity index (χ4n) is 3.02. The van der Waals surface area contributed by atoms with Crippen LogP contribution in [0.25, 0.3) is 0 Å². The van der Waals surface area contributed by atoms with Gasteiger partial charge in [-0.15, -0.1) is 0 Å². The van der Waals surface area contributed by atoms with Gasteiger partial charge in [0.05, 0.1) is 5.92 Å². The van der Waals surface area contributed by atoms with Gasteiger partial charge in [-0.3, -0.25) is 4.79 Å². The standard InChI is InChI=1S/C16H22BrNO2/c1-2-15(11-5-3-7-13(17)9-11)18-14-8-4-6-12(10-14)16(19)20/h3,5,7,9,12,14-15,18H,2,4,6,8,10H2,1H3,(H,19,20). The van der Waals surface area contributed by atoms with Crippen LogP contribution in [0, 0.1) is 5.92 Å². The summed E-state index contributed by atoms with van der Waals surface area (Å²) >= 11 is 3.51. The fraction of sp³-hybridized carbons (Fsp3) is 0.562. The summed E-state index contributed by atoms with van der Waals surface area (Å²) in [4.78, 5) is 11.1. The second-order valence-electron chi connectivity index (χ2n) is 5.58. The zero-order valence-corrected chi connectivity index (χ0v) is 13.4. The number of carbonyl (C=O) groups is 1. The van der Waals surface area contributed by atoms with Gasteiger partial charge < -0.3 is 10.4 Å². The molecule has 0 spiro atoms. The lowest BCUT2D eigenvalue weighted by Gasteiger charge is -2.31. The highest BCUT2D eigenvalue weighted by molar-refractivity contribution is 9.10. The lowest BCUT2D eigenvalue weighted by molar-refractivity contribution is -0.143. The van der Waals surface area contributed by atoms with E-state index in [1.54, 1.807) is 0 Å². The van der Waals surface area contributed by atoms with Crippen molar-refractivity contribution in [2.45, 2.75) is 51.1 Å². The van der Waals surface area contributed by atoms with Gasteiger partial charge in [0.25, 0.3) is 0 Å². The maximum absolute atomic E-state index is 11.1. The number of nitrogens with one attached hydrogen (secondary N) is 1. The summed E-state index contributed by atoms with van der Waals surface area (Å²) in [6.45, 7) is 2.16. The van der Waals surface area contributed by atoms with Crippen LogP contribution in [-0.4, -0.2) is 17.1 Å². The average molecular weight is 340 g/mol. The van der Waals surface area contributed by atoms with Crippen LogP contribution in [0.1, 0.15) is 50.6 Å². The van der Waals surface area contributed by atoms with Crippen LogP contribution in [0.3, 0.4) is 0 Å². The molecule has 1 aliphatic carbocycles. The van der Waals surface area contributed by atoms with Crippen molar-refractivity contribution in [1.29, 1.82) is 0 Å². The highest BCUT2D eigenvalue weighted by Crippen LogP contribution is 2.28. The highest BCUT2D eigenvalue weighted by atomic mass is 79.9. The Balaban J connectivity index is 2.01. The molecule has 1 aromatic carbocycles. The maximum atomic E-state index is 11.1. The lowest BCUT2D eigenvalue weighted by Crippen LogP contribution is -2.38. The Hall–Kier alpha value is -0.870. The number of hydrogen-bond donors (Lipinski definition) is 2. The van der Waals surface area contributed by atoms with Gasteiger partial charge in [-0.2, -0.15) is 0 Å². The first-order chi connectivity index (χ1) is 9.60. The Kier molecular flexibility index (Phi) is 5.61. The minimum absolute atomic E-state index is 0.179. The Morgan fingerprint density at radius 3 is 2.95 bits per heavy atom. The predicted octanol–water partition coefficient (Wildman–Crippen LogP) is 4.13. The molecule has 0 heterocycles. The third-order valence-corrected chi connectivity index (χ3v) is 4.61. The SMILES string of the molecule is CCC(NC1CCCC(C(=O)O)C1)c1cccc(Br)c1. The van der Waals surface area contributed by atoms with Gasteiger partial charge in [-0.1, -0.05) is 41.4 Å². The molecule has 2 N–H and O–H groups in total. The normalized spacial score (nSPS) is 24.3. The van der Waals surface area contributed by atoms with E-state index >= 15 is 0 Å². The van der Waals surface area contributed by atoms with Gasteiger partial charge in [0, 0.05) is 16.6 Å². The van der Waals surface area contributed by atoms with Gasteiger partial charge in [0.1, 0.15) is 0 Å². The fourth-order valence-corrected chi connectivity index (χ4v) is 3.44. The molecule has 1 aliphatic rings. The van der Waals surface area contributed by atoms with Crippen molar-refractivity contribution in [3.05, 3.63) is 34.3 Å². The van der Waals surface area contributed by atoms with E-state index < -0.39 is 5.97 Å². The Labute approximate surface area is 128 Å². The first kappa shape index (κ1) is 15.5. The second kappa shape index (κ2) is 7.23. The number of hydrogen-bond acceptors (Lipinski definition) is 2. The van der Waals surface area contributed by atoms with Crippen molar-refractivity contribution in [2.24, 2.45) is 5.92 Å². The molecule has 1 aromatic rings. The van der Waals surface area contributed by atoms with Crippen LogP contribution in [0.4, 0.5) is 0 Å². The summed E-state index contributed by atoms with van der Waals surface area (Å²) in [6.07, 6.45) is 4.66. The van der Waals surface area contributed by atoms with Gasteiger partial charge in [-0.05, 0) is 43.4 Å². The first-order valence-corrected chi connectivity index (χ1v) is 8.13. The topological polar surface area (TPSA) is 49.3 Å². The molecule has 1 saturated carbocycles. The van der Waals surface area contributed by atoms with Crippen molar-refractivity contribution in [3.63, 3.8) is 0 Å². The molecule has 1 fully saturated rings. The monoisotopic (exact) mass is 339 g/mol. The van der Waals surface area contributed by atoms with Crippen LogP contribution in [0.15, 0.2) is 28.7 Å². The first-order valence-electron chi connectivity index (χ1n) is 7.34. The van der Waals surface area contributed by atoms with Gasteiger partial charge >= 0.3 is 5.97 Å². The molecule has 20 heavy (non-hydrogen) atoms. The smallest absolute Gasteiger partial charge is 0.306 e. The maximum Gasteiger partial charge on any atom is 0.306 e. The van der Waals surface area contributed by atoms with Gasteiger partial charge in [0.2, 0.25) is 0 Å². The molecule has 110 valence electrons. The molecule has 0 aliphatic heterocycles. The summed E-state index contributed by atoms with van der Waals surface area (Å²) < 4.78 is 1.09. The Bertz CT molecular complexity index is 464. The quantitative estimate of drug-likeness (QED) is 0.847. The summed E-state index contributed by atoms with van der Waals surface area (Å²) in [5.74, 6) is -0.826. The van der Waals surface area contributed by atoms with Crippen LogP contribution in [0.2, 0.25) is 0 Å². The Morgan fingerprint density at radius 2 is 2.30 bits per heavy atom. The zero-order chi connectivity index (χ0) is 14.5. The molecule has 0 aromatic heterocycles.